The lowest BCUT2D eigenvalue weighted by atomic mass is 9.98. The van der Waals surface area contributed by atoms with Crippen LogP contribution in [-0.2, 0) is 6.42 Å². The number of carbonyl (C=O) groups is 1. The number of hydrogen-bond donors (Lipinski definition) is 0. The molecule has 1 aliphatic rings. The third kappa shape index (κ3) is 3.55. The number of nitro groups is 1. The van der Waals surface area contributed by atoms with Gasteiger partial charge in [0.1, 0.15) is 11.4 Å². The zero-order valence-corrected chi connectivity index (χ0v) is 17.2. The number of amides is 1. The summed E-state index contributed by atoms with van der Waals surface area (Å²) in [7, 11) is 0. The van der Waals surface area contributed by atoms with Crippen LogP contribution in [-0.4, -0.2) is 22.3 Å². The van der Waals surface area contributed by atoms with Crippen LogP contribution in [0.15, 0.2) is 82.0 Å². The van der Waals surface area contributed by atoms with Gasteiger partial charge in [-0.15, -0.1) is 0 Å². The second-order valence-corrected chi connectivity index (χ2v) is 7.80. The van der Waals surface area contributed by atoms with E-state index in [0.717, 1.165) is 17.7 Å². The van der Waals surface area contributed by atoms with Crippen molar-refractivity contribution in [2.45, 2.75) is 12.5 Å². The zero-order chi connectivity index (χ0) is 23.1. The average molecular weight is 444 g/mol. The predicted molar refractivity (Wildman–Crippen MR) is 119 cm³/mol. The molecule has 0 saturated heterocycles. The first kappa shape index (κ1) is 20.6. The van der Waals surface area contributed by atoms with Crippen LogP contribution in [0.25, 0.3) is 11.0 Å². The quantitative estimate of drug-likeness (QED) is 0.331. The van der Waals surface area contributed by atoms with Gasteiger partial charge in [-0.2, -0.15) is 0 Å². The molecule has 1 aromatic heterocycles. The largest absolute Gasteiger partial charge is 0.450 e. The zero-order valence-electron chi connectivity index (χ0n) is 17.2. The lowest BCUT2D eigenvalue weighted by molar-refractivity contribution is -0.384. The Morgan fingerprint density at radius 3 is 2.42 bits per heavy atom. The molecule has 33 heavy (non-hydrogen) atoms. The molecule has 0 bridgehead atoms. The van der Waals surface area contributed by atoms with Crippen molar-refractivity contribution in [3.8, 4) is 0 Å². The van der Waals surface area contributed by atoms with Crippen molar-refractivity contribution in [1.82, 2.24) is 4.90 Å². The molecule has 0 fully saturated rings. The first-order valence-electron chi connectivity index (χ1n) is 10.3. The Balaban J connectivity index is 1.65. The Labute approximate surface area is 186 Å². The highest BCUT2D eigenvalue weighted by atomic mass is 19.1. The second kappa shape index (κ2) is 7.98. The Bertz CT molecular complexity index is 1450. The van der Waals surface area contributed by atoms with Gasteiger partial charge in [0.2, 0.25) is 5.76 Å². The molecule has 0 aliphatic carbocycles. The number of nitrogens with zero attached hydrogens (tertiary/aromatic N) is 2. The molecule has 0 spiro atoms. The smallest absolute Gasteiger partial charge is 0.290 e. The number of rotatable bonds is 5. The molecule has 0 radical (unpaired) electrons. The molecule has 1 unspecified atom stereocenters. The van der Waals surface area contributed by atoms with Crippen LogP contribution in [0.2, 0.25) is 0 Å². The topological polar surface area (TPSA) is 93.7 Å². The molecule has 1 atom stereocenters. The van der Waals surface area contributed by atoms with Crippen molar-refractivity contribution in [3.63, 3.8) is 0 Å². The highest BCUT2D eigenvalue weighted by Gasteiger charge is 2.42. The molecule has 4 aromatic rings. The van der Waals surface area contributed by atoms with Crippen LogP contribution in [0.5, 0.6) is 0 Å². The summed E-state index contributed by atoms with van der Waals surface area (Å²) in [5, 5.41) is 11.1. The van der Waals surface area contributed by atoms with Crippen LogP contribution in [0, 0.1) is 15.9 Å². The van der Waals surface area contributed by atoms with E-state index in [1.54, 1.807) is 0 Å². The van der Waals surface area contributed by atoms with Crippen molar-refractivity contribution in [2.24, 2.45) is 0 Å². The van der Waals surface area contributed by atoms with Gasteiger partial charge in [0.05, 0.1) is 21.9 Å². The minimum atomic E-state index is -0.805. The van der Waals surface area contributed by atoms with Gasteiger partial charge in [-0.1, -0.05) is 30.3 Å². The van der Waals surface area contributed by atoms with E-state index < -0.39 is 28.1 Å². The first-order valence-corrected chi connectivity index (χ1v) is 10.3. The summed E-state index contributed by atoms with van der Waals surface area (Å²) in [6, 6.07) is 18.1. The SMILES string of the molecule is O=C1c2oc3ccc(F)cc3c(=O)c2C(c2ccc([N+](=O)[O-])cc2)N1CCc1ccccc1. The summed E-state index contributed by atoms with van der Waals surface area (Å²) in [5.74, 6) is -1.13. The van der Waals surface area contributed by atoms with Gasteiger partial charge < -0.3 is 9.32 Å². The van der Waals surface area contributed by atoms with Gasteiger partial charge in [-0.3, -0.25) is 19.7 Å². The number of nitro benzene ring substituents is 1. The second-order valence-electron chi connectivity index (χ2n) is 7.80. The minimum absolute atomic E-state index is 0.0402. The number of hydrogen-bond acceptors (Lipinski definition) is 5. The molecule has 7 nitrogen and oxygen atoms in total. The highest BCUT2D eigenvalue weighted by molar-refractivity contribution is 5.99. The number of carbonyl (C=O) groups excluding carboxylic acids is 1. The van der Waals surface area contributed by atoms with E-state index in [9.17, 15) is 24.1 Å². The number of fused-ring (bicyclic) bond motifs is 2. The fourth-order valence-corrected chi connectivity index (χ4v) is 4.24. The molecule has 1 aliphatic heterocycles. The number of benzene rings is 3. The van der Waals surface area contributed by atoms with Gasteiger partial charge in [0, 0.05) is 18.7 Å². The molecular weight excluding hydrogens is 427 g/mol. The standard InChI is InChI=1S/C25H17FN2O5/c26-17-8-11-20-19(14-17)23(29)21-22(16-6-9-18(10-7-16)28(31)32)27(25(30)24(21)33-20)13-12-15-4-2-1-3-5-15/h1-11,14,22H,12-13H2. The van der Waals surface area contributed by atoms with Crippen molar-refractivity contribution in [3.05, 3.63) is 121 Å². The van der Waals surface area contributed by atoms with Crippen LogP contribution in [0.3, 0.4) is 0 Å². The highest BCUT2D eigenvalue weighted by Crippen LogP contribution is 2.38. The van der Waals surface area contributed by atoms with E-state index in [2.05, 4.69) is 0 Å². The van der Waals surface area contributed by atoms with Gasteiger partial charge in [0.25, 0.3) is 11.6 Å². The average Bonchev–Trinajstić information content (AvgIpc) is 3.10. The van der Waals surface area contributed by atoms with Crippen LogP contribution >= 0.6 is 0 Å². The van der Waals surface area contributed by atoms with Crippen LogP contribution < -0.4 is 5.43 Å². The maximum absolute atomic E-state index is 13.8. The van der Waals surface area contributed by atoms with Crippen molar-refractivity contribution < 1.29 is 18.5 Å². The maximum atomic E-state index is 13.8. The summed E-state index contributed by atoms with van der Waals surface area (Å²) < 4.78 is 19.6. The molecule has 8 heteroatoms. The Morgan fingerprint density at radius 1 is 1.00 bits per heavy atom. The van der Waals surface area contributed by atoms with Crippen molar-refractivity contribution in [1.29, 1.82) is 0 Å². The van der Waals surface area contributed by atoms with E-state index >= 15 is 0 Å². The minimum Gasteiger partial charge on any atom is -0.450 e. The number of non-ortho nitro benzene ring substituents is 1. The molecule has 1 amide bonds. The van der Waals surface area contributed by atoms with E-state index in [4.69, 9.17) is 4.42 Å². The summed E-state index contributed by atoms with van der Waals surface area (Å²) in [5.41, 5.74) is 1.18. The van der Waals surface area contributed by atoms with Crippen molar-refractivity contribution in [2.75, 3.05) is 6.54 Å². The fourth-order valence-electron chi connectivity index (χ4n) is 4.24. The third-order valence-electron chi connectivity index (χ3n) is 5.83. The van der Waals surface area contributed by atoms with Gasteiger partial charge in [-0.25, -0.2) is 4.39 Å². The lowest BCUT2D eigenvalue weighted by Crippen LogP contribution is -2.31. The summed E-state index contributed by atoms with van der Waals surface area (Å²) in [6.45, 7) is 0.291. The maximum Gasteiger partial charge on any atom is 0.290 e. The monoisotopic (exact) mass is 444 g/mol. The fraction of sp³-hybridized carbons (Fsp3) is 0.120. The summed E-state index contributed by atoms with van der Waals surface area (Å²) >= 11 is 0. The van der Waals surface area contributed by atoms with Crippen LogP contribution in [0.1, 0.15) is 33.3 Å². The van der Waals surface area contributed by atoms with E-state index in [0.29, 0.717) is 18.5 Å². The molecule has 0 N–H and O–H groups in total. The van der Waals surface area contributed by atoms with E-state index in [-0.39, 0.29) is 28.0 Å². The normalized spacial score (nSPS) is 15.1. The number of halogens is 1. The Kier molecular flexibility index (Phi) is 4.97. The molecule has 164 valence electrons. The van der Waals surface area contributed by atoms with E-state index in [1.807, 2.05) is 30.3 Å². The summed E-state index contributed by atoms with van der Waals surface area (Å²) in [4.78, 5) is 38.8. The van der Waals surface area contributed by atoms with Gasteiger partial charge >= 0.3 is 0 Å². The Morgan fingerprint density at radius 2 is 1.73 bits per heavy atom. The Hall–Kier alpha value is -4.33. The first-order chi connectivity index (χ1) is 15.9. The molecular formula is C25H17FN2O5. The van der Waals surface area contributed by atoms with Gasteiger partial charge in [-0.05, 0) is 47.9 Å². The molecule has 2 heterocycles. The molecule has 0 saturated carbocycles. The molecule has 5 rings (SSSR count). The van der Waals surface area contributed by atoms with Crippen LogP contribution in [0.4, 0.5) is 10.1 Å². The van der Waals surface area contributed by atoms with E-state index in [1.165, 1.54) is 35.2 Å². The van der Waals surface area contributed by atoms with Crippen molar-refractivity contribution >= 4 is 22.6 Å². The predicted octanol–water partition coefficient (Wildman–Crippen LogP) is 4.63. The summed E-state index contributed by atoms with van der Waals surface area (Å²) in [6.07, 6.45) is 0.534. The third-order valence-corrected chi connectivity index (χ3v) is 5.83. The lowest BCUT2D eigenvalue weighted by Gasteiger charge is -2.25. The van der Waals surface area contributed by atoms with Gasteiger partial charge in [0.15, 0.2) is 5.43 Å². The molecule has 3 aromatic carbocycles.